The van der Waals surface area contributed by atoms with Crippen LogP contribution in [0, 0.1) is 17.8 Å². The second-order valence-electron chi connectivity index (χ2n) is 16.5. The molecule has 0 aromatic heterocycles. The van der Waals surface area contributed by atoms with Crippen molar-refractivity contribution in [2.24, 2.45) is 11.7 Å². The van der Waals surface area contributed by atoms with Crippen molar-refractivity contribution in [2.45, 2.75) is 61.7 Å². The Bertz CT molecular complexity index is 2450. The predicted octanol–water partition coefficient (Wildman–Crippen LogP) is 5.32. The van der Waals surface area contributed by atoms with Crippen LogP contribution in [0.2, 0.25) is 0 Å². The highest BCUT2D eigenvalue weighted by atomic mass is 16.6. The first-order chi connectivity index (χ1) is 31.7. The third-order valence-corrected chi connectivity index (χ3v) is 12.7. The van der Waals surface area contributed by atoms with Crippen LogP contribution in [0.25, 0.3) is 0 Å². The van der Waals surface area contributed by atoms with E-state index in [1.807, 2.05) is 65.6 Å². The van der Waals surface area contributed by atoms with Crippen LogP contribution in [0.4, 0.5) is 15.3 Å². The molecule has 15 nitrogen and oxygen atoms in total. The number of anilines is 1. The van der Waals surface area contributed by atoms with Crippen molar-refractivity contribution in [3.63, 3.8) is 0 Å². The number of fused-ring (bicyclic) bond motifs is 3. The molecule has 4 N–H and O–H groups in total. The number of cyclic esters (lactones) is 1. The van der Waals surface area contributed by atoms with Crippen LogP contribution >= 0.6 is 0 Å². The molecule has 0 bridgehead atoms. The number of carbonyl (C=O) groups is 5. The fraction of sp³-hybridized carbons (Fsp3) is 0.380. The maximum absolute atomic E-state index is 16.4. The fourth-order valence-corrected chi connectivity index (χ4v) is 10.1. The quantitative estimate of drug-likeness (QED) is 0.100. The summed E-state index contributed by atoms with van der Waals surface area (Å²) in [6, 6.07) is 26.7. The van der Waals surface area contributed by atoms with Crippen LogP contribution in [0.3, 0.4) is 0 Å². The number of imide groups is 1. The number of nitrogens with two attached hydrogens (primary N) is 1. The molecule has 8 rings (SSSR count). The third kappa shape index (κ3) is 8.52. The molecule has 0 aliphatic carbocycles. The first-order valence-electron chi connectivity index (χ1n) is 22.1. The van der Waals surface area contributed by atoms with Gasteiger partial charge in [-0.05, 0) is 53.8 Å². The minimum atomic E-state index is -2.06. The molecular formula is C50H53N5O10. The molecule has 4 aliphatic heterocycles. The highest BCUT2D eigenvalue weighted by molar-refractivity contribution is 6.23. The van der Waals surface area contributed by atoms with Crippen LogP contribution in [0.15, 0.2) is 103 Å². The third-order valence-electron chi connectivity index (χ3n) is 12.7. The molecular weight excluding hydrogens is 831 g/mol. The maximum Gasteiger partial charge on any atom is 0.421 e. The number of methoxy groups -OCH3 is 1. The topological polar surface area (TPSA) is 190 Å². The first kappa shape index (κ1) is 44.9. The van der Waals surface area contributed by atoms with Gasteiger partial charge in [-0.3, -0.25) is 19.3 Å². The summed E-state index contributed by atoms with van der Waals surface area (Å²) in [5.74, 6) is 2.84. The Hall–Kier alpha value is -6.73. The second kappa shape index (κ2) is 20.0. The number of hydrogen-bond donors (Lipinski definition) is 3. The van der Waals surface area contributed by atoms with Gasteiger partial charge in [0, 0.05) is 31.3 Å². The van der Waals surface area contributed by atoms with E-state index in [0.717, 1.165) is 42.6 Å². The van der Waals surface area contributed by atoms with Crippen molar-refractivity contribution in [3.05, 3.63) is 131 Å². The van der Waals surface area contributed by atoms with Gasteiger partial charge in [0.05, 0.1) is 43.4 Å². The van der Waals surface area contributed by atoms with Crippen LogP contribution in [0.5, 0.6) is 5.75 Å². The van der Waals surface area contributed by atoms with Gasteiger partial charge >= 0.3 is 18.1 Å². The van der Waals surface area contributed by atoms with Crippen molar-refractivity contribution in [2.75, 3.05) is 58.1 Å². The minimum absolute atomic E-state index is 0.0508. The molecule has 0 saturated carbocycles. The van der Waals surface area contributed by atoms with E-state index in [2.05, 4.69) is 17.2 Å². The minimum Gasteiger partial charge on any atom is -0.491 e. The molecule has 4 heterocycles. The number of nitrogens with zero attached hydrogens (tertiary/aromatic N) is 3. The number of aliphatic hydroxyl groups excluding tert-OH is 1. The standard InChI is InChI=1S/C50H53N5O10/c1-62-30-31-64-49(61)54-38-24-23-33(16-15-25-52-48(51)60)32-37(38)50(47(54)59)40(45(57)53-26-13-3-2-4-14-27-53)42-46(58)65-43(35-19-9-6-10-20-35)41(34-17-7-5-8-18-34)55(42)44(50)36-21-11-12-22-39(36)63-29-28-56/h5-12,17-24,32,40-44,56H,2-4,13-14,25-31H2,1H3,(H3,51,52,60). The molecule has 1 spiro atoms. The zero-order valence-electron chi connectivity index (χ0n) is 36.2. The highest BCUT2D eigenvalue weighted by Gasteiger charge is 2.76. The van der Waals surface area contributed by atoms with E-state index < -0.39 is 65.5 Å². The van der Waals surface area contributed by atoms with Gasteiger partial charge < -0.3 is 40.0 Å². The van der Waals surface area contributed by atoms with Crippen LogP contribution in [0.1, 0.15) is 78.1 Å². The Morgan fingerprint density at radius 1 is 0.846 bits per heavy atom. The zero-order valence-corrected chi connectivity index (χ0v) is 36.2. The smallest absolute Gasteiger partial charge is 0.421 e. The molecule has 3 saturated heterocycles. The number of carbonyl (C=O) groups excluding carboxylic acids is 5. The second-order valence-corrected chi connectivity index (χ2v) is 16.5. The lowest BCUT2D eigenvalue weighted by atomic mass is 9.64. The number of amides is 5. The molecule has 65 heavy (non-hydrogen) atoms. The van der Waals surface area contributed by atoms with Crippen molar-refractivity contribution in [3.8, 4) is 17.6 Å². The number of ether oxygens (including phenoxy) is 4. The number of morpholine rings is 1. The SMILES string of the molecule is COCCOC(=O)N1C(=O)C2(c3cc(C#CCNC(N)=O)ccc31)C(C(=O)N1CCCCCCC1)C1C(=O)OC(c3ccccc3)C(c3ccccc3)N1C2c1ccccc1OCCO. The van der Waals surface area contributed by atoms with Crippen LogP contribution < -0.4 is 20.7 Å². The summed E-state index contributed by atoms with van der Waals surface area (Å²) in [4.78, 5) is 78.7. The summed E-state index contributed by atoms with van der Waals surface area (Å²) in [6.07, 6.45) is 2.34. The molecule has 4 aromatic carbocycles. The van der Waals surface area contributed by atoms with E-state index in [9.17, 15) is 14.7 Å². The normalized spacial score (nSPS) is 23.9. The molecule has 0 radical (unpaired) electrons. The number of urea groups is 1. The molecule has 6 unspecified atom stereocenters. The van der Waals surface area contributed by atoms with E-state index in [4.69, 9.17) is 24.7 Å². The number of aliphatic hydroxyl groups is 1. The highest BCUT2D eigenvalue weighted by Crippen LogP contribution is 2.67. The van der Waals surface area contributed by atoms with E-state index in [-0.39, 0.29) is 44.2 Å². The van der Waals surface area contributed by atoms with Crippen molar-refractivity contribution >= 4 is 35.6 Å². The number of benzene rings is 4. The summed E-state index contributed by atoms with van der Waals surface area (Å²) >= 11 is 0. The molecule has 3 fully saturated rings. The summed E-state index contributed by atoms with van der Waals surface area (Å²) in [7, 11) is 1.46. The fourth-order valence-electron chi connectivity index (χ4n) is 10.1. The Kier molecular flexibility index (Phi) is 13.8. The first-order valence-corrected chi connectivity index (χ1v) is 22.1. The Balaban J connectivity index is 1.47. The molecule has 15 heteroatoms. The Labute approximate surface area is 377 Å². The van der Waals surface area contributed by atoms with E-state index in [1.54, 1.807) is 47.4 Å². The van der Waals surface area contributed by atoms with E-state index >= 15 is 14.4 Å². The average molecular weight is 884 g/mol. The van der Waals surface area contributed by atoms with Gasteiger partial charge in [-0.25, -0.2) is 14.5 Å². The van der Waals surface area contributed by atoms with E-state index in [1.165, 1.54) is 7.11 Å². The lowest BCUT2D eigenvalue weighted by Gasteiger charge is -2.46. The van der Waals surface area contributed by atoms with Gasteiger partial charge in [0.2, 0.25) is 11.8 Å². The number of likely N-dealkylation sites (tertiary alicyclic amines) is 1. The molecule has 4 aromatic rings. The van der Waals surface area contributed by atoms with Gasteiger partial charge in [-0.15, -0.1) is 0 Å². The summed E-state index contributed by atoms with van der Waals surface area (Å²) in [5.41, 5.74) is 5.93. The number of rotatable bonds is 11. The molecule has 4 aliphatic rings. The number of nitrogens with one attached hydrogen (secondary N) is 1. The summed E-state index contributed by atoms with van der Waals surface area (Å²) in [5, 5.41) is 12.5. The van der Waals surface area contributed by atoms with Gasteiger partial charge in [0.15, 0.2) is 0 Å². The summed E-state index contributed by atoms with van der Waals surface area (Å²) < 4.78 is 23.8. The molecule has 6 atom stereocenters. The van der Waals surface area contributed by atoms with Crippen molar-refractivity contribution < 1.29 is 48.0 Å². The zero-order chi connectivity index (χ0) is 45.5. The Morgan fingerprint density at radius 3 is 2.22 bits per heavy atom. The summed E-state index contributed by atoms with van der Waals surface area (Å²) in [6.45, 7) is 0.159. The van der Waals surface area contributed by atoms with Crippen LogP contribution in [-0.2, 0) is 34.0 Å². The number of para-hydroxylation sites is 1. The molecule has 338 valence electrons. The number of hydrogen-bond acceptors (Lipinski definition) is 11. The van der Waals surface area contributed by atoms with Crippen molar-refractivity contribution in [1.82, 2.24) is 15.1 Å². The predicted molar refractivity (Wildman–Crippen MR) is 238 cm³/mol. The van der Waals surface area contributed by atoms with Gasteiger partial charge in [-0.2, -0.15) is 0 Å². The van der Waals surface area contributed by atoms with Gasteiger partial charge in [0.25, 0.3) is 0 Å². The lowest BCUT2D eigenvalue weighted by molar-refractivity contribution is -0.179. The monoisotopic (exact) mass is 883 g/mol. The number of primary amides is 1. The molecule has 5 amide bonds. The van der Waals surface area contributed by atoms with Crippen molar-refractivity contribution in [1.29, 1.82) is 0 Å². The largest absolute Gasteiger partial charge is 0.491 e. The Morgan fingerprint density at radius 2 is 1.52 bits per heavy atom. The van der Waals surface area contributed by atoms with Gasteiger partial charge in [-0.1, -0.05) is 110 Å². The maximum atomic E-state index is 16.4. The van der Waals surface area contributed by atoms with Gasteiger partial charge in [0.1, 0.15) is 36.5 Å². The average Bonchev–Trinajstić information content (AvgIpc) is 3.76. The van der Waals surface area contributed by atoms with Crippen LogP contribution in [-0.4, -0.2) is 104 Å². The lowest BCUT2D eigenvalue weighted by Crippen LogP contribution is -2.56. The number of esters is 1. The van der Waals surface area contributed by atoms with E-state index in [0.29, 0.717) is 35.5 Å².